The highest BCUT2D eigenvalue weighted by atomic mass is 16.6. The van der Waals surface area contributed by atoms with E-state index in [1.807, 2.05) is 49.4 Å². The van der Waals surface area contributed by atoms with E-state index in [1.54, 1.807) is 0 Å². The lowest BCUT2D eigenvalue weighted by molar-refractivity contribution is -0.134. The lowest BCUT2D eigenvalue weighted by Crippen LogP contribution is -2.47. The van der Waals surface area contributed by atoms with Gasteiger partial charge in [-0.1, -0.05) is 84.0 Å². The molecule has 0 aliphatic carbocycles. The number of carbonyl (C=O) groups is 1. The molecule has 0 fully saturated rings. The first-order valence-electron chi connectivity index (χ1n) is 11.4. The molecule has 186 valence electrons. The van der Waals surface area contributed by atoms with E-state index in [-0.39, 0.29) is 13.2 Å². The van der Waals surface area contributed by atoms with Gasteiger partial charge in [0.15, 0.2) is 0 Å². The predicted molar refractivity (Wildman–Crippen MR) is 138 cm³/mol. The van der Waals surface area contributed by atoms with Crippen LogP contribution in [0.5, 0.6) is 0 Å². The normalized spacial score (nSPS) is 11.4. The molecule has 0 heterocycles. The van der Waals surface area contributed by atoms with E-state index in [4.69, 9.17) is 20.5 Å². The summed E-state index contributed by atoms with van der Waals surface area (Å²) < 4.78 is 0. The zero-order valence-corrected chi connectivity index (χ0v) is 20.2. The second-order valence-corrected chi connectivity index (χ2v) is 8.41. The first-order valence-corrected chi connectivity index (χ1v) is 11.4. The molecule has 5 N–H and O–H groups in total. The maximum absolute atomic E-state index is 9.30. The summed E-state index contributed by atoms with van der Waals surface area (Å²) in [5.74, 6) is -0.833. The monoisotopic (exact) mass is 478 g/mol. The van der Waals surface area contributed by atoms with Crippen LogP contribution < -0.4 is 5.73 Å². The summed E-state index contributed by atoms with van der Waals surface area (Å²) in [5, 5.41) is 30.3. The molecule has 0 amide bonds. The van der Waals surface area contributed by atoms with Crippen molar-refractivity contribution < 1.29 is 25.0 Å². The number of nitrogens with two attached hydrogens (primary N) is 1. The van der Waals surface area contributed by atoms with Gasteiger partial charge in [-0.15, -0.1) is 0 Å². The Hall–Kier alpha value is -3.52. The summed E-state index contributed by atoms with van der Waals surface area (Å²) >= 11 is 0. The highest BCUT2D eigenvalue weighted by molar-refractivity contribution is 5.98. The number of hydrogen-bond acceptors (Lipinski definition) is 6. The van der Waals surface area contributed by atoms with Gasteiger partial charge in [0.05, 0.1) is 24.5 Å². The zero-order valence-electron chi connectivity index (χ0n) is 20.2. The number of oxime groups is 1. The van der Waals surface area contributed by atoms with Crippen molar-refractivity contribution in [2.45, 2.75) is 38.8 Å². The average Bonchev–Trinajstić information content (AvgIpc) is 2.88. The van der Waals surface area contributed by atoms with Gasteiger partial charge in [0.1, 0.15) is 6.61 Å². The maximum Gasteiger partial charge on any atom is 0.300 e. The molecule has 7 heteroatoms. The third-order valence-corrected chi connectivity index (χ3v) is 5.41. The molecule has 0 aromatic heterocycles. The van der Waals surface area contributed by atoms with Crippen molar-refractivity contribution in [3.63, 3.8) is 0 Å². The first-order chi connectivity index (χ1) is 16.8. The smallest absolute Gasteiger partial charge is 0.300 e. The van der Waals surface area contributed by atoms with Gasteiger partial charge in [0.25, 0.3) is 5.97 Å². The highest BCUT2D eigenvalue weighted by Gasteiger charge is 2.22. The van der Waals surface area contributed by atoms with E-state index < -0.39 is 11.5 Å². The quantitative estimate of drug-likeness (QED) is 0.258. The number of aliphatic hydroxyl groups is 2. The van der Waals surface area contributed by atoms with Crippen molar-refractivity contribution in [1.29, 1.82) is 0 Å². The van der Waals surface area contributed by atoms with Crippen LogP contribution in [-0.4, -0.2) is 45.8 Å². The SMILES string of the molecule is CC(=NOCc1ccc(-c2ccccc2)cc1)c1ccc(CCC(N)(CO)CO)cc1.CC(=O)O. The number of nitrogens with zero attached hydrogens (tertiary/aromatic N) is 1. The molecule has 3 aromatic rings. The van der Waals surface area contributed by atoms with Crippen LogP contribution in [0, 0.1) is 0 Å². The number of rotatable bonds is 10. The second-order valence-electron chi connectivity index (χ2n) is 8.41. The van der Waals surface area contributed by atoms with Crippen molar-refractivity contribution in [2.24, 2.45) is 10.9 Å². The Kier molecular flexibility index (Phi) is 11.1. The van der Waals surface area contributed by atoms with E-state index in [1.165, 1.54) is 11.1 Å². The van der Waals surface area contributed by atoms with Crippen LogP contribution in [0.15, 0.2) is 84.0 Å². The Balaban J connectivity index is 0.00000100. The van der Waals surface area contributed by atoms with Crippen molar-refractivity contribution in [3.8, 4) is 11.1 Å². The summed E-state index contributed by atoms with van der Waals surface area (Å²) in [6.07, 6.45) is 1.20. The molecule has 0 bridgehead atoms. The minimum atomic E-state index is -0.941. The lowest BCUT2D eigenvalue weighted by Gasteiger charge is -2.24. The first kappa shape index (κ1) is 27.7. The van der Waals surface area contributed by atoms with Crippen LogP contribution >= 0.6 is 0 Å². The number of hydrogen-bond donors (Lipinski definition) is 4. The van der Waals surface area contributed by atoms with Crippen molar-refractivity contribution in [1.82, 2.24) is 0 Å². The molecule has 0 saturated heterocycles. The van der Waals surface area contributed by atoms with Crippen LogP contribution in [0.3, 0.4) is 0 Å². The summed E-state index contributed by atoms with van der Waals surface area (Å²) in [6, 6.07) is 26.5. The molecule has 0 unspecified atom stereocenters. The molecule has 0 aliphatic heterocycles. The standard InChI is InChI=1S/C26H30N2O3.C2H4O2/c1-20(23-11-7-21(8-12-23)15-16-26(27,18-29)19-30)28-31-17-22-9-13-25(14-10-22)24-5-3-2-4-6-24;1-2(3)4/h2-14,29-30H,15-19,27H2,1H3;1H3,(H,3,4). The van der Waals surface area contributed by atoms with E-state index in [9.17, 15) is 10.2 Å². The highest BCUT2D eigenvalue weighted by Crippen LogP contribution is 2.19. The Bertz CT molecular complexity index is 1060. The summed E-state index contributed by atoms with van der Waals surface area (Å²) in [5.41, 5.74) is 11.3. The van der Waals surface area contributed by atoms with Gasteiger partial charge in [-0.3, -0.25) is 4.79 Å². The molecular weight excluding hydrogens is 444 g/mol. The van der Waals surface area contributed by atoms with Crippen LogP contribution in [0.1, 0.15) is 37.0 Å². The van der Waals surface area contributed by atoms with E-state index >= 15 is 0 Å². The number of carboxylic acids is 1. The number of aryl methyl sites for hydroxylation is 1. The molecule has 0 radical (unpaired) electrons. The number of benzene rings is 3. The molecule has 0 aliphatic rings. The summed E-state index contributed by atoms with van der Waals surface area (Å²) in [7, 11) is 0. The molecule has 3 aromatic carbocycles. The fourth-order valence-electron chi connectivity index (χ4n) is 3.19. The Morgan fingerprint density at radius 3 is 1.91 bits per heavy atom. The minimum absolute atomic E-state index is 0.236. The van der Waals surface area contributed by atoms with Crippen LogP contribution in [-0.2, 0) is 22.7 Å². The second kappa shape index (κ2) is 14.0. The van der Waals surface area contributed by atoms with Crippen molar-refractivity contribution in [3.05, 3.63) is 95.6 Å². The predicted octanol–water partition coefficient (Wildman–Crippen LogP) is 4.00. The fourth-order valence-corrected chi connectivity index (χ4v) is 3.19. The van der Waals surface area contributed by atoms with Crippen molar-refractivity contribution >= 4 is 11.7 Å². The van der Waals surface area contributed by atoms with Crippen LogP contribution in [0.4, 0.5) is 0 Å². The van der Waals surface area contributed by atoms with Gasteiger partial charge in [-0.05, 0) is 47.6 Å². The molecule has 3 rings (SSSR count). The van der Waals surface area contributed by atoms with Gasteiger partial charge >= 0.3 is 0 Å². The van der Waals surface area contributed by atoms with E-state index in [0.717, 1.165) is 29.3 Å². The van der Waals surface area contributed by atoms with E-state index in [0.29, 0.717) is 19.4 Å². The zero-order chi connectivity index (χ0) is 25.7. The molecule has 0 atom stereocenters. The topological polar surface area (TPSA) is 125 Å². The van der Waals surface area contributed by atoms with Crippen LogP contribution in [0.25, 0.3) is 11.1 Å². The Labute approximate surface area is 206 Å². The average molecular weight is 479 g/mol. The van der Waals surface area contributed by atoms with Gasteiger partial charge < -0.3 is 25.9 Å². The molecular formula is C28H34N2O5. The number of carboxylic acid groups (broad SMARTS) is 1. The number of aliphatic hydroxyl groups excluding tert-OH is 2. The molecule has 35 heavy (non-hydrogen) atoms. The fraction of sp³-hybridized carbons (Fsp3) is 0.286. The van der Waals surface area contributed by atoms with Gasteiger partial charge in [0, 0.05) is 6.92 Å². The van der Waals surface area contributed by atoms with Gasteiger partial charge in [0.2, 0.25) is 0 Å². The van der Waals surface area contributed by atoms with E-state index in [2.05, 4.69) is 41.6 Å². The molecule has 0 saturated carbocycles. The summed E-state index contributed by atoms with van der Waals surface area (Å²) in [4.78, 5) is 14.5. The lowest BCUT2D eigenvalue weighted by atomic mass is 9.93. The maximum atomic E-state index is 9.30. The van der Waals surface area contributed by atoms with Crippen LogP contribution in [0.2, 0.25) is 0 Å². The third kappa shape index (κ3) is 9.70. The largest absolute Gasteiger partial charge is 0.481 e. The molecule has 7 nitrogen and oxygen atoms in total. The minimum Gasteiger partial charge on any atom is -0.481 e. The Morgan fingerprint density at radius 2 is 1.37 bits per heavy atom. The number of aliphatic carboxylic acids is 1. The Morgan fingerprint density at radius 1 is 0.857 bits per heavy atom. The van der Waals surface area contributed by atoms with Crippen molar-refractivity contribution in [2.75, 3.05) is 13.2 Å². The van der Waals surface area contributed by atoms with Gasteiger partial charge in [-0.25, -0.2) is 0 Å². The molecule has 0 spiro atoms. The summed E-state index contributed by atoms with van der Waals surface area (Å²) in [6.45, 7) is 2.93. The third-order valence-electron chi connectivity index (χ3n) is 5.41. The van der Waals surface area contributed by atoms with Gasteiger partial charge in [-0.2, -0.15) is 0 Å².